The Morgan fingerprint density at radius 2 is 1.89 bits per heavy atom. The molecule has 1 amide bonds. The first-order chi connectivity index (χ1) is 16.5. The Labute approximate surface area is 200 Å². The van der Waals surface area contributed by atoms with Crippen LogP contribution in [0.3, 0.4) is 0 Å². The molecule has 0 bridgehead atoms. The highest BCUT2D eigenvalue weighted by molar-refractivity contribution is 5.77. The van der Waals surface area contributed by atoms with Crippen molar-refractivity contribution in [2.75, 3.05) is 0 Å². The number of aromatic nitrogens is 3. The molecular weight excluding hydrogens is 464 g/mol. The van der Waals surface area contributed by atoms with Gasteiger partial charge in [-0.3, -0.25) is 4.79 Å². The molecule has 2 aromatic rings. The molecule has 0 spiro atoms. The summed E-state index contributed by atoms with van der Waals surface area (Å²) in [5.41, 5.74) is 7.23. The van der Waals surface area contributed by atoms with Crippen molar-refractivity contribution in [3.8, 4) is 6.07 Å². The van der Waals surface area contributed by atoms with Crippen molar-refractivity contribution < 1.29 is 22.4 Å². The summed E-state index contributed by atoms with van der Waals surface area (Å²) in [6.45, 7) is 0. The van der Waals surface area contributed by atoms with Crippen LogP contribution in [0.1, 0.15) is 81.1 Å². The minimum atomic E-state index is -2.69. The third-order valence-electron chi connectivity index (χ3n) is 7.82. The van der Waals surface area contributed by atoms with E-state index in [0.717, 1.165) is 0 Å². The summed E-state index contributed by atoms with van der Waals surface area (Å²) in [6.07, 6.45) is 4.15. The molecule has 5 rings (SSSR count). The molecular formula is C24H28F4N6O. The van der Waals surface area contributed by atoms with Crippen LogP contribution in [0, 0.1) is 28.6 Å². The van der Waals surface area contributed by atoms with E-state index in [1.165, 1.54) is 4.52 Å². The van der Waals surface area contributed by atoms with Gasteiger partial charge in [-0.05, 0) is 49.1 Å². The number of hydrogen-bond acceptors (Lipinski definition) is 5. The number of nitriles is 1. The summed E-state index contributed by atoms with van der Waals surface area (Å²) in [7, 11) is 0. The number of alkyl halides is 4. The van der Waals surface area contributed by atoms with Crippen LogP contribution in [0.4, 0.5) is 17.6 Å². The Bertz CT molecular complexity index is 1150. The van der Waals surface area contributed by atoms with Crippen LogP contribution in [-0.4, -0.2) is 32.4 Å². The van der Waals surface area contributed by atoms with E-state index in [-0.39, 0.29) is 49.8 Å². The molecule has 2 aromatic heterocycles. The van der Waals surface area contributed by atoms with Crippen LogP contribution in [0.2, 0.25) is 0 Å². The standard InChI is InChI=1S/C24H28F4N6O/c25-23(26)3-1-15(2-4-23)20(30)17-12-34-18(32-17)8-16(11-31-34)21(22(13-29)5-6-22)33-19(35)7-14-9-24(27,28)10-14/h8,11-12,14-15,20-21H,1-7,9-10,30H2,(H,33,35)/t20-,21-/m0/s1. The van der Waals surface area contributed by atoms with Gasteiger partial charge in [0.25, 0.3) is 0 Å². The van der Waals surface area contributed by atoms with Crippen molar-refractivity contribution in [1.82, 2.24) is 19.9 Å². The number of amides is 1. The molecule has 2 atom stereocenters. The van der Waals surface area contributed by atoms with Gasteiger partial charge in [-0.1, -0.05) is 0 Å². The molecule has 188 valence electrons. The molecule has 3 aliphatic rings. The monoisotopic (exact) mass is 492 g/mol. The molecule has 3 aliphatic carbocycles. The van der Waals surface area contributed by atoms with Crippen LogP contribution in [0.5, 0.6) is 0 Å². The Hall–Kier alpha value is -2.74. The molecule has 0 saturated heterocycles. The van der Waals surface area contributed by atoms with E-state index < -0.39 is 29.3 Å². The Morgan fingerprint density at radius 3 is 2.49 bits per heavy atom. The molecule has 0 aromatic carbocycles. The van der Waals surface area contributed by atoms with Gasteiger partial charge in [0.2, 0.25) is 17.8 Å². The number of rotatable bonds is 7. The van der Waals surface area contributed by atoms with Gasteiger partial charge in [-0.2, -0.15) is 10.4 Å². The van der Waals surface area contributed by atoms with Gasteiger partial charge >= 0.3 is 0 Å². The van der Waals surface area contributed by atoms with Gasteiger partial charge in [-0.15, -0.1) is 0 Å². The van der Waals surface area contributed by atoms with Crippen molar-refractivity contribution in [3.63, 3.8) is 0 Å². The second-order valence-corrected chi connectivity index (χ2v) is 10.6. The van der Waals surface area contributed by atoms with Crippen molar-refractivity contribution in [1.29, 1.82) is 5.26 Å². The summed E-state index contributed by atoms with van der Waals surface area (Å²) >= 11 is 0. The van der Waals surface area contributed by atoms with E-state index >= 15 is 0 Å². The van der Waals surface area contributed by atoms with Crippen LogP contribution in [0.15, 0.2) is 18.5 Å². The number of nitrogens with one attached hydrogen (secondary N) is 1. The highest BCUT2D eigenvalue weighted by Gasteiger charge is 2.52. The maximum Gasteiger partial charge on any atom is 0.248 e. The second-order valence-electron chi connectivity index (χ2n) is 10.6. The molecule has 0 aliphatic heterocycles. The third kappa shape index (κ3) is 4.85. The van der Waals surface area contributed by atoms with Crippen LogP contribution in [0.25, 0.3) is 5.65 Å². The Balaban J connectivity index is 1.33. The van der Waals surface area contributed by atoms with E-state index in [2.05, 4.69) is 21.5 Å². The fourth-order valence-electron chi connectivity index (χ4n) is 5.44. The largest absolute Gasteiger partial charge is 0.348 e. The van der Waals surface area contributed by atoms with E-state index in [9.17, 15) is 27.6 Å². The van der Waals surface area contributed by atoms with Gasteiger partial charge in [0.1, 0.15) is 0 Å². The predicted octanol–water partition coefficient (Wildman–Crippen LogP) is 4.45. The van der Waals surface area contributed by atoms with E-state index in [4.69, 9.17) is 5.73 Å². The SMILES string of the molecule is N#CC1([C@@H](NC(=O)CC2CC(F)(F)C2)c2cnn3cc([C@@H](N)C4CCC(F)(F)CC4)nc3c2)CC1. The summed E-state index contributed by atoms with van der Waals surface area (Å²) < 4.78 is 54.9. The maximum atomic E-state index is 13.5. The van der Waals surface area contributed by atoms with Crippen LogP contribution < -0.4 is 11.1 Å². The highest BCUT2D eigenvalue weighted by atomic mass is 19.3. The quantitative estimate of drug-likeness (QED) is 0.555. The average Bonchev–Trinajstić information content (AvgIpc) is 3.46. The van der Waals surface area contributed by atoms with Crippen molar-refractivity contribution >= 4 is 11.6 Å². The van der Waals surface area contributed by atoms with Crippen molar-refractivity contribution in [2.24, 2.45) is 23.0 Å². The van der Waals surface area contributed by atoms with Gasteiger partial charge in [-0.25, -0.2) is 27.1 Å². The lowest BCUT2D eigenvalue weighted by atomic mass is 9.79. The van der Waals surface area contributed by atoms with E-state index in [1.807, 2.05) is 0 Å². The zero-order chi connectivity index (χ0) is 25.0. The minimum Gasteiger partial charge on any atom is -0.348 e. The van der Waals surface area contributed by atoms with Crippen molar-refractivity contribution in [2.45, 2.75) is 81.7 Å². The minimum absolute atomic E-state index is 0.00785. The summed E-state index contributed by atoms with van der Waals surface area (Å²) in [6, 6.07) is 2.90. The number of nitrogens with two attached hydrogens (primary N) is 1. The number of carbonyl (C=O) groups excluding carboxylic acids is 1. The van der Waals surface area contributed by atoms with E-state index in [1.54, 1.807) is 18.5 Å². The number of nitrogens with zero attached hydrogens (tertiary/aromatic N) is 4. The van der Waals surface area contributed by atoms with Crippen molar-refractivity contribution in [3.05, 3.63) is 29.7 Å². The topological polar surface area (TPSA) is 109 Å². The maximum absolute atomic E-state index is 13.5. The Kier molecular flexibility index (Phi) is 5.78. The first kappa shape index (κ1) is 24.0. The molecule has 7 nitrogen and oxygen atoms in total. The molecule has 0 radical (unpaired) electrons. The Morgan fingerprint density at radius 1 is 1.20 bits per heavy atom. The normalized spacial score (nSPS) is 24.8. The van der Waals surface area contributed by atoms with Gasteiger partial charge < -0.3 is 11.1 Å². The molecule has 0 unspecified atom stereocenters. The summed E-state index contributed by atoms with van der Waals surface area (Å²) in [5, 5.41) is 17.0. The highest BCUT2D eigenvalue weighted by Crippen LogP contribution is 2.54. The predicted molar refractivity (Wildman–Crippen MR) is 117 cm³/mol. The molecule has 11 heteroatoms. The average molecular weight is 493 g/mol. The van der Waals surface area contributed by atoms with Gasteiger partial charge in [0.05, 0.1) is 41.7 Å². The second kappa shape index (κ2) is 8.43. The number of imidazole rings is 1. The molecule has 3 N–H and O–H groups in total. The molecule has 3 fully saturated rings. The summed E-state index contributed by atoms with van der Waals surface area (Å²) in [4.78, 5) is 17.2. The fraction of sp³-hybridized carbons (Fsp3) is 0.667. The smallest absolute Gasteiger partial charge is 0.248 e. The number of hydrogen-bond donors (Lipinski definition) is 2. The number of fused-ring (bicyclic) bond motifs is 1. The zero-order valence-electron chi connectivity index (χ0n) is 19.2. The lowest BCUT2D eigenvalue weighted by Gasteiger charge is -2.35. The fourth-order valence-corrected chi connectivity index (χ4v) is 5.44. The third-order valence-corrected chi connectivity index (χ3v) is 7.82. The number of halogens is 4. The van der Waals surface area contributed by atoms with Crippen LogP contribution in [-0.2, 0) is 4.79 Å². The van der Waals surface area contributed by atoms with Gasteiger partial charge in [0, 0.05) is 32.1 Å². The lowest BCUT2D eigenvalue weighted by Crippen LogP contribution is -2.40. The lowest BCUT2D eigenvalue weighted by molar-refractivity contribution is -0.134. The summed E-state index contributed by atoms with van der Waals surface area (Å²) in [5.74, 6) is -6.15. The van der Waals surface area contributed by atoms with Crippen LogP contribution >= 0.6 is 0 Å². The number of carbonyl (C=O) groups is 1. The first-order valence-electron chi connectivity index (χ1n) is 12.1. The molecule has 2 heterocycles. The molecule has 35 heavy (non-hydrogen) atoms. The van der Waals surface area contributed by atoms with Gasteiger partial charge in [0.15, 0.2) is 5.65 Å². The molecule has 3 saturated carbocycles. The zero-order valence-corrected chi connectivity index (χ0v) is 19.2. The van der Waals surface area contributed by atoms with E-state index in [0.29, 0.717) is 42.6 Å². The first-order valence-corrected chi connectivity index (χ1v) is 12.1.